The van der Waals surface area contributed by atoms with Crippen molar-refractivity contribution in [2.75, 3.05) is 6.61 Å². The number of rotatable bonds is 6. The third kappa shape index (κ3) is 5.78. The first-order valence-electron chi connectivity index (χ1n) is 7.44. The molecule has 0 spiro atoms. The first-order valence-corrected chi connectivity index (χ1v) is 7.44. The Kier molecular flexibility index (Phi) is 7.94. The van der Waals surface area contributed by atoms with Crippen LogP contribution in [0.5, 0.6) is 0 Å². The summed E-state index contributed by atoms with van der Waals surface area (Å²) in [6.45, 7) is 4.57. The van der Waals surface area contributed by atoms with E-state index >= 15 is 0 Å². The normalized spacial score (nSPS) is 10.0. The molecule has 0 atom stereocenters. The molecule has 6 heteroatoms. The van der Waals surface area contributed by atoms with Crippen LogP contribution < -0.4 is 28.5 Å². The summed E-state index contributed by atoms with van der Waals surface area (Å²) in [5.74, 6) is -0.275. The number of carbonyl (C=O) groups is 2. The van der Waals surface area contributed by atoms with Crippen molar-refractivity contribution in [2.24, 2.45) is 0 Å². The van der Waals surface area contributed by atoms with Gasteiger partial charge < -0.3 is 28.7 Å². The van der Waals surface area contributed by atoms with Crippen molar-refractivity contribution in [1.82, 2.24) is 4.57 Å². The van der Waals surface area contributed by atoms with Gasteiger partial charge in [-0.25, -0.2) is 14.2 Å². The highest BCUT2D eigenvalue weighted by Gasteiger charge is 2.08. The molecular formula is C17H21IN2O3. The lowest BCUT2D eigenvalue weighted by atomic mass is 10.1. The predicted octanol–water partition coefficient (Wildman–Crippen LogP) is -0.751. The fourth-order valence-corrected chi connectivity index (χ4v) is 2.20. The smallest absolute Gasteiger partial charge is 0.338 e. The molecule has 0 aliphatic heterocycles. The number of aryl methyl sites for hydroxylation is 2. The summed E-state index contributed by atoms with van der Waals surface area (Å²) >= 11 is 0. The zero-order valence-electron chi connectivity index (χ0n) is 13.4. The van der Waals surface area contributed by atoms with Crippen molar-refractivity contribution >= 4 is 11.9 Å². The van der Waals surface area contributed by atoms with E-state index < -0.39 is 0 Å². The number of hydrogen-bond acceptors (Lipinski definition) is 3. The van der Waals surface area contributed by atoms with Gasteiger partial charge in [0, 0.05) is 6.92 Å². The lowest BCUT2D eigenvalue weighted by Crippen LogP contribution is -3.00. The summed E-state index contributed by atoms with van der Waals surface area (Å²) in [6, 6.07) is 7.51. The third-order valence-corrected chi connectivity index (χ3v) is 3.40. The second-order valence-electron chi connectivity index (χ2n) is 5.10. The molecular weight excluding hydrogens is 407 g/mol. The Hall–Kier alpha value is -1.70. The Labute approximate surface area is 153 Å². The molecule has 1 heterocycles. The van der Waals surface area contributed by atoms with Crippen molar-refractivity contribution in [3.8, 4) is 0 Å². The molecule has 2 rings (SSSR count). The number of nitrogens with zero attached hydrogens (tertiary/aromatic N) is 2. The second-order valence-corrected chi connectivity index (χ2v) is 5.10. The van der Waals surface area contributed by atoms with E-state index in [1.165, 1.54) is 12.5 Å². The lowest BCUT2D eigenvalue weighted by Gasteiger charge is -2.03. The number of ether oxygens (including phenoxy) is 1. The molecule has 0 fully saturated rings. The predicted molar refractivity (Wildman–Crippen MR) is 81.6 cm³/mol. The van der Waals surface area contributed by atoms with E-state index in [-0.39, 0.29) is 35.9 Å². The number of imidazole rings is 1. The van der Waals surface area contributed by atoms with Crippen molar-refractivity contribution in [3.05, 3.63) is 54.1 Å². The van der Waals surface area contributed by atoms with Crippen LogP contribution in [0.4, 0.5) is 0 Å². The largest absolute Gasteiger partial charge is 1.00 e. The first kappa shape index (κ1) is 19.3. The van der Waals surface area contributed by atoms with E-state index in [0.717, 1.165) is 19.4 Å². The Morgan fingerprint density at radius 1 is 1.22 bits per heavy atom. The van der Waals surface area contributed by atoms with Gasteiger partial charge in [-0.3, -0.25) is 0 Å². The molecule has 1 aromatic heterocycles. The molecule has 0 unspecified atom stereocenters. The summed E-state index contributed by atoms with van der Waals surface area (Å²) in [7, 11) is 0. The van der Waals surface area contributed by atoms with Gasteiger partial charge in [0.25, 0.3) is 6.33 Å². The molecule has 0 saturated heterocycles. The summed E-state index contributed by atoms with van der Waals surface area (Å²) in [5, 5.41) is 0. The number of halogens is 1. The van der Waals surface area contributed by atoms with Crippen LogP contribution in [0.25, 0.3) is 0 Å². The number of hydrogen-bond donors (Lipinski definition) is 0. The van der Waals surface area contributed by atoms with Gasteiger partial charge in [-0.15, -0.1) is 0 Å². The Morgan fingerprint density at radius 3 is 2.48 bits per heavy atom. The number of aromatic nitrogens is 2. The van der Waals surface area contributed by atoms with Crippen LogP contribution in [0.3, 0.4) is 0 Å². The standard InChI is InChI=1S/C17H21N2O3.HI/c1-3-22-17(21)16-8-6-15(7-9-16)5-4-10-18-11-12-19(13-18)14(2)20;/h6-9,11-13H,3-5,10H2,1-2H3;1H/q+1;/p-1. The maximum atomic E-state index is 11.6. The van der Waals surface area contributed by atoms with Crippen LogP contribution in [0.15, 0.2) is 43.0 Å². The van der Waals surface area contributed by atoms with Gasteiger partial charge >= 0.3 is 11.9 Å². The highest BCUT2D eigenvalue weighted by atomic mass is 127. The molecule has 2 aromatic rings. The maximum absolute atomic E-state index is 11.6. The van der Waals surface area contributed by atoms with Crippen LogP contribution >= 0.6 is 0 Å². The molecule has 0 aliphatic rings. The van der Waals surface area contributed by atoms with Gasteiger partial charge in [0.15, 0.2) is 0 Å². The highest BCUT2D eigenvalue weighted by molar-refractivity contribution is 5.89. The number of carbonyl (C=O) groups excluding carboxylic acids is 2. The minimum absolute atomic E-state index is 0. The van der Waals surface area contributed by atoms with E-state index in [2.05, 4.69) is 0 Å². The molecule has 0 radical (unpaired) electrons. The average Bonchev–Trinajstić information content (AvgIpc) is 2.97. The SMILES string of the molecule is CCOC(=O)c1ccc(CCC[n+]2ccn(C(C)=O)c2)cc1.[I-]. The minimum atomic E-state index is -0.282. The molecule has 0 amide bonds. The molecule has 1 aromatic carbocycles. The molecule has 23 heavy (non-hydrogen) atoms. The Bertz CT molecular complexity index is 650. The van der Waals surface area contributed by atoms with E-state index in [9.17, 15) is 9.59 Å². The Morgan fingerprint density at radius 2 is 1.91 bits per heavy atom. The van der Waals surface area contributed by atoms with Crippen LogP contribution in [0.1, 0.15) is 41.0 Å². The van der Waals surface area contributed by atoms with Crippen molar-refractivity contribution in [3.63, 3.8) is 0 Å². The first-order chi connectivity index (χ1) is 10.6. The quantitative estimate of drug-likeness (QED) is 0.346. The molecule has 0 N–H and O–H groups in total. The minimum Gasteiger partial charge on any atom is -1.00 e. The monoisotopic (exact) mass is 428 g/mol. The van der Waals surface area contributed by atoms with Gasteiger partial charge in [0.2, 0.25) is 0 Å². The zero-order valence-corrected chi connectivity index (χ0v) is 15.5. The molecule has 0 aliphatic carbocycles. The van der Waals surface area contributed by atoms with E-state index in [1.807, 2.05) is 22.9 Å². The molecule has 0 bridgehead atoms. The van der Waals surface area contributed by atoms with E-state index in [1.54, 1.807) is 36.1 Å². The maximum Gasteiger partial charge on any atom is 0.338 e. The zero-order chi connectivity index (χ0) is 15.9. The van der Waals surface area contributed by atoms with Crippen molar-refractivity contribution in [2.45, 2.75) is 33.2 Å². The number of benzene rings is 1. The number of esters is 1. The van der Waals surface area contributed by atoms with E-state index in [4.69, 9.17) is 4.74 Å². The fraction of sp³-hybridized carbons (Fsp3) is 0.353. The van der Waals surface area contributed by atoms with Gasteiger partial charge in [-0.05, 0) is 37.5 Å². The average molecular weight is 428 g/mol. The van der Waals surface area contributed by atoms with Gasteiger partial charge in [-0.1, -0.05) is 12.1 Å². The van der Waals surface area contributed by atoms with Crippen LogP contribution in [-0.2, 0) is 17.7 Å². The van der Waals surface area contributed by atoms with Gasteiger partial charge in [0.05, 0.1) is 18.7 Å². The van der Waals surface area contributed by atoms with Crippen LogP contribution in [0, 0.1) is 0 Å². The summed E-state index contributed by atoms with van der Waals surface area (Å²) in [6.07, 6.45) is 7.33. The van der Waals surface area contributed by atoms with Crippen molar-refractivity contribution < 1.29 is 42.9 Å². The van der Waals surface area contributed by atoms with Crippen LogP contribution in [0.2, 0.25) is 0 Å². The Balaban J connectivity index is 0.00000264. The van der Waals surface area contributed by atoms with Gasteiger partial charge in [-0.2, -0.15) is 4.57 Å². The van der Waals surface area contributed by atoms with E-state index in [0.29, 0.717) is 12.2 Å². The van der Waals surface area contributed by atoms with Gasteiger partial charge in [0.1, 0.15) is 12.4 Å². The summed E-state index contributed by atoms with van der Waals surface area (Å²) in [4.78, 5) is 22.8. The summed E-state index contributed by atoms with van der Waals surface area (Å²) < 4.78 is 8.51. The fourth-order valence-electron chi connectivity index (χ4n) is 2.20. The molecule has 0 saturated carbocycles. The molecule has 5 nitrogen and oxygen atoms in total. The van der Waals surface area contributed by atoms with Crippen molar-refractivity contribution in [1.29, 1.82) is 0 Å². The third-order valence-electron chi connectivity index (χ3n) is 3.40. The second kappa shape index (κ2) is 9.44. The van der Waals surface area contributed by atoms with Crippen LogP contribution in [-0.4, -0.2) is 23.1 Å². The summed E-state index contributed by atoms with van der Waals surface area (Å²) in [5.41, 5.74) is 1.76. The topological polar surface area (TPSA) is 52.2 Å². The highest BCUT2D eigenvalue weighted by Crippen LogP contribution is 2.08. The lowest BCUT2D eigenvalue weighted by molar-refractivity contribution is -0.696. The molecule has 124 valence electrons.